The molecule has 6 N–H and O–H groups in total. The second-order valence-corrected chi connectivity index (χ2v) is 15.2. The second kappa shape index (κ2) is 18.6. The number of benzene rings is 3. The molecule has 51 heavy (non-hydrogen) atoms. The van der Waals surface area contributed by atoms with Gasteiger partial charge in [0.25, 0.3) is 5.56 Å². The highest BCUT2D eigenvalue weighted by atomic mass is 32.2. The molecule has 0 radical (unpaired) electrons. The SMILES string of the molecule is COC(=O)NC(C(=O)Nc1c(SCC(CCO)N(CCC(C)C)S(=O)(=O)c2ccc(N)cc2)cc[nH]c1=O)C(c1ccccc1)c1ccccc1. The maximum absolute atomic E-state index is 14.2. The van der Waals surface area contributed by atoms with Gasteiger partial charge in [0, 0.05) is 47.6 Å². The van der Waals surface area contributed by atoms with E-state index in [1.54, 1.807) is 6.07 Å². The molecule has 0 fully saturated rings. The normalized spacial score (nSPS) is 12.8. The van der Waals surface area contributed by atoms with Gasteiger partial charge < -0.3 is 31.2 Å². The number of methoxy groups -OCH3 is 1. The summed E-state index contributed by atoms with van der Waals surface area (Å²) in [6.45, 7) is 3.92. The van der Waals surface area contributed by atoms with Crippen LogP contribution in [-0.2, 0) is 19.6 Å². The number of aromatic nitrogens is 1. The molecule has 1 aromatic heterocycles. The lowest BCUT2D eigenvalue weighted by atomic mass is 9.84. The van der Waals surface area contributed by atoms with Crippen molar-refractivity contribution in [3.63, 3.8) is 0 Å². The van der Waals surface area contributed by atoms with Crippen molar-refractivity contribution in [3.8, 4) is 0 Å². The van der Waals surface area contributed by atoms with Crippen molar-refractivity contribution in [1.82, 2.24) is 14.6 Å². The molecule has 0 saturated heterocycles. The number of hydrogen-bond acceptors (Lipinski definition) is 9. The molecule has 3 aromatic carbocycles. The first-order valence-corrected chi connectivity index (χ1v) is 19.0. The molecule has 0 aliphatic heterocycles. The lowest BCUT2D eigenvalue weighted by Gasteiger charge is -2.31. The number of nitrogens with one attached hydrogen (secondary N) is 3. The van der Waals surface area contributed by atoms with Gasteiger partial charge in [0.05, 0.1) is 12.0 Å². The molecule has 272 valence electrons. The van der Waals surface area contributed by atoms with Gasteiger partial charge in [0.1, 0.15) is 11.7 Å². The zero-order valence-corrected chi connectivity index (χ0v) is 30.5. The summed E-state index contributed by atoms with van der Waals surface area (Å²) >= 11 is 1.17. The fraction of sp³-hybridized carbons (Fsp3) is 0.324. The van der Waals surface area contributed by atoms with Gasteiger partial charge in [-0.2, -0.15) is 4.31 Å². The summed E-state index contributed by atoms with van der Waals surface area (Å²) in [4.78, 5) is 43.1. The van der Waals surface area contributed by atoms with Crippen molar-refractivity contribution in [2.75, 3.05) is 37.1 Å². The van der Waals surface area contributed by atoms with E-state index in [9.17, 15) is 27.9 Å². The molecule has 4 aromatic rings. The molecule has 2 amide bonds. The van der Waals surface area contributed by atoms with E-state index >= 15 is 0 Å². The molecule has 2 atom stereocenters. The standard InChI is InChI=1S/C37H45N5O7S2/c1-25(2)19-22-42(51(47,48)30-16-14-28(38)15-17-30)29(20-23-43)24-50-31-18-21-39-35(44)33(31)40-36(45)34(41-37(46)49-3)32(26-10-6-4-7-11-26)27-12-8-5-9-13-27/h4-18,21,25,29,32,34,43H,19-20,22-24,38H2,1-3H3,(H,39,44)(H,40,45)(H,41,46). The van der Waals surface area contributed by atoms with E-state index in [1.165, 1.54) is 53.6 Å². The molecule has 4 rings (SSSR count). The van der Waals surface area contributed by atoms with E-state index in [2.05, 4.69) is 15.6 Å². The van der Waals surface area contributed by atoms with Crippen molar-refractivity contribution in [2.45, 2.75) is 54.5 Å². The second-order valence-electron chi connectivity index (χ2n) is 12.3. The Morgan fingerprint density at radius 3 is 2.10 bits per heavy atom. The number of pyridine rings is 1. The molecular weight excluding hydrogens is 691 g/mol. The van der Waals surface area contributed by atoms with Crippen LogP contribution in [0.2, 0.25) is 0 Å². The lowest BCUT2D eigenvalue weighted by Crippen LogP contribution is -2.48. The number of alkyl carbamates (subject to hydrolysis) is 1. The van der Waals surface area contributed by atoms with Crippen LogP contribution in [0.25, 0.3) is 0 Å². The summed E-state index contributed by atoms with van der Waals surface area (Å²) in [5, 5.41) is 15.4. The van der Waals surface area contributed by atoms with E-state index in [1.807, 2.05) is 74.5 Å². The van der Waals surface area contributed by atoms with Crippen molar-refractivity contribution < 1.29 is 27.9 Å². The highest BCUT2D eigenvalue weighted by molar-refractivity contribution is 7.99. The summed E-state index contributed by atoms with van der Waals surface area (Å²) in [7, 11) is -2.80. The number of sulfonamides is 1. The number of rotatable bonds is 17. The monoisotopic (exact) mass is 735 g/mol. The number of amides is 2. The average molecular weight is 736 g/mol. The number of nitrogen functional groups attached to an aromatic ring is 1. The lowest BCUT2D eigenvalue weighted by molar-refractivity contribution is -0.118. The Morgan fingerprint density at radius 2 is 1.55 bits per heavy atom. The van der Waals surface area contributed by atoms with Crippen LogP contribution < -0.4 is 21.9 Å². The number of aliphatic hydroxyl groups is 1. The van der Waals surface area contributed by atoms with E-state index in [0.717, 1.165) is 11.1 Å². The maximum Gasteiger partial charge on any atom is 0.407 e. The van der Waals surface area contributed by atoms with Gasteiger partial charge in [-0.1, -0.05) is 74.5 Å². The fourth-order valence-corrected chi connectivity index (χ4v) is 8.52. The number of hydrogen-bond donors (Lipinski definition) is 5. The third kappa shape index (κ3) is 10.4. The van der Waals surface area contributed by atoms with Crippen LogP contribution in [0.15, 0.2) is 112 Å². The minimum absolute atomic E-state index is 0.0677. The van der Waals surface area contributed by atoms with E-state index in [-0.39, 0.29) is 41.8 Å². The summed E-state index contributed by atoms with van der Waals surface area (Å²) in [5.41, 5.74) is 7.07. The van der Waals surface area contributed by atoms with Crippen LogP contribution in [0.5, 0.6) is 0 Å². The molecule has 0 aliphatic carbocycles. The van der Waals surface area contributed by atoms with E-state index < -0.39 is 45.6 Å². The van der Waals surface area contributed by atoms with Crippen molar-refractivity contribution in [1.29, 1.82) is 0 Å². The molecule has 2 unspecified atom stereocenters. The number of ether oxygens (including phenoxy) is 1. The number of nitrogens with two attached hydrogens (primary N) is 1. The number of thioether (sulfide) groups is 1. The third-order valence-electron chi connectivity index (χ3n) is 8.28. The first-order chi connectivity index (χ1) is 24.5. The average Bonchev–Trinajstić information content (AvgIpc) is 3.12. The van der Waals surface area contributed by atoms with Crippen LogP contribution >= 0.6 is 11.8 Å². The largest absolute Gasteiger partial charge is 0.453 e. The zero-order valence-electron chi connectivity index (χ0n) is 28.8. The molecule has 0 spiro atoms. The maximum atomic E-state index is 14.2. The van der Waals surface area contributed by atoms with Crippen molar-refractivity contribution >= 4 is 45.2 Å². The zero-order chi connectivity index (χ0) is 37.0. The Bertz CT molecular complexity index is 1850. The topological polar surface area (TPSA) is 184 Å². The van der Waals surface area contributed by atoms with Crippen LogP contribution in [0.4, 0.5) is 16.2 Å². The van der Waals surface area contributed by atoms with Gasteiger partial charge in [-0.05, 0) is 60.2 Å². The Kier molecular flexibility index (Phi) is 14.3. The van der Waals surface area contributed by atoms with Gasteiger partial charge >= 0.3 is 6.09 Å². The van der Waals surface area contributed by atoms with Crippen LogP contribution in [0, 0.1) is 5.92 Å². The third-order valence-corrected chi connectivity index (χ3v) is 11.4. The quantitative estimate of drug-likeness (QED) is 0.0733. The smallest absolute Gasteiger partial charge is 0.407 e. The molecule has 12 nitrogen and oxygen atoms in total. The molecular formula is C37H45N5O7S2. The van der Waals surface area contributed by atoms with Gasteiger partial charge in [0.2, 0.25) is 15.9 Å². The number of carbonyl (C=O) groups is 2. The molecule has 0 aliphatic rings. The fourth-order valence-electron chi connectivity index (χ4n) is 5.59. The Morgan fingerprint density at radius 1 is 0.941 bits per heavy atom. The predicted octanol–water partition coefficient (Wildman–Crippen LogP) is 5.03. The number of H-pyrrole nitrogens is 1. The minimum Gasteiger partial charge on any atom is -0.453 e. The number of nitrogens with zero attached hydrogens (tertiary/aromatic N) is 1. The molecule has 0 saturated carbocycles. The predicted molar refractivity (Wildman–Crippen MR) is 200 cm³/mol. The number of aromatic amines is 1. The first-order valence-electron chi connectivity index (χ1n) is 16.5. The van der Waals surface area contributed by atoms with Gasteiger partial charge in [0.15, 0.2) is 0 Å². The van der Waals surface area contributed by atoms with Crippen LogP contribution in [0.3, 0.4) is 0 Å². The molecule has 1 heterocycles. The van der Waals surface area contributed by atoms with Crippen LogP contribution in [0.1, 0.15) is 43.7 Å². The Balaban J connectivity index is 1.68. The van der Waals surface area contributed by atoms with Gasteiger partial charge in [-0.15, -0.1) is 11.8 Å². The highest BCUT2D eigenvalue weighted by Crippen LogP contribution is 2.32. The van der Waals surface area contributed by atoms with E-state index in [4.69, 9.17) is 10.5 Å². The Labute approximate surface area is 302 Å². The minimum atomic E-state index is -4.00. The number of anilines is 2. The molecule has 14 heteroatoms. The summed E-state index contributed by atoms with van der Waals surface area (Å²) in [5.74, 6) is -0.978. The first kappa shape index (κ1) is 39.2. The number of aliphatic hydroxyl groups excluding tert-OH is 1. The summed E-state index contributed by atoms with van der Waals surface area (Å²) in [6, 6.07) is 24.1. The van der Waals surface area contributed by atoms with Gasteiger partial charge in [-0.25, -0.2) is 13.2 Å². The van der Waals surface area contributed by atoms with Crippen molar-refractivity contribution in [3.05, 3.63) is 119 Å². The van der Waals surface area contributed by atoms with Crippen molar-refractivity contribution in [2.24, 2.45) is 5.92 Å². The number of carbonyl (C=O) groups excluding carboxylic acids is 2. The Hall–Kier alpha value is -4.63. The van der Waals surface area contributed by atoms with E-state index in [0.29, 0.717) is 17.0 Å². The summed E-state index contributed by atoms with van der Waals surface area (Å²) < 4.78 is 34.2. The summed E-state index contributed by atoms with van der Waals surface area (Å²) in [6.07, 6.45) is 1.31. The molecule has 0 bridgehead atoms. The van der Waals surface area contributed by atoms with Crippen LogP contribution in [-0.4, -0.2) is 72.9 Å². The van der Waals surface area contributed by atoms with Gasteiger partial charge in [-0.3, -0.25) is 9.59 Å². The highest BCUT2D eigenvalue weighted by Gasteiger charge is 2.35.